The Morgan fingerprint density at radius 1 is 1.43 bits per heavy atom. The lowest BCUT2D eigenvalue weighted by Crippen LogP contribution is -2.58. The van der Waals surface area contributed by atoms with Crippen LogP contribution in [0.25, 0.3) is 0 Å². The molecule has 1 rings (SSSR count). The van der Waals surface area contributed by atoms with Gasteiger partial charge < -0.3 is 14.5 Å². The minimum absolute atomic E-state index is 0.0148. The second-order valence-electron chi connectivity index (χ2n) is 6.73. The summed E-state index contributed by atoms with van der Waals surface area (Å²) in [5.41, 5.74) is -0.0150. The van der Waals surface area contributed by atoms with Gasteiger partial charge in [0.15, 0.2) is 9.04 Å². The van der Waals surface area contributed by atoms with Crippen LogP contribution in [-0.2, 0) is 18.8 Å². The van der Waals surface area contributed by atoms with E-state index in [1.807, 2.05) is 0 Å². The van der Waals surface area contributed by atoms with Gasteiger partial charge >= 0.3 is 0 Å². The summed E-state index contributed by atoms with van der Waals surface area (Å²) < 4.78 is 10.9. The lowest BCUT2D eigenvalue weighted by molar-refractivity contribution is -0.134. The molecule has 1 aliphatic heterocycles. The van der Waals surface area contributed by atoms with Gasteiger partial charge in [-0.25, -0.2) is 0 Å². The Labute approximate surface area is 133 Å². The smallest absolute Gasteiger partial charge is 0.227 e. The fourth-order valence-corrected chi connectivity index (χ4v) is 4.42. The summed E-state index contributed by atoms with van der Waals surface area (Å²) in [6, 6.07) is 0. The van der Waals surface area contributed by atoms with E-state index in [-0.39, 0.29) is 40.4 Å². The number of carbonyl (C=O) groups is 2. The molecule has 1 amide bonds. The third-order valence-corrected chi connectivity index (χ3v) is 5.33. The van der Waals surface area contributed by atoms with Crippen molar-refractivity contribution in [2.45, 2.75) is 51.8 Å². The van der Waals surface area contributed by atoms with Gasteiger partial charge in [0.25, 0.3) is 0 Å². The average Bonchev–Trinajstić information content (AvgIpc) is 2.32. The second-order valence-corrected chi connectivity index (χ2v) is 10.3. The third kappa shape index (κ3) is 5.73. The highest BCUT2D eigenvalue weighted by Crippen LogP contribution is 2.35. The Bertz CT molecular complexity index is 384. The van der Waals surface area contributed by atoms with Crippen LogP contribution in [0.1, 0.15) is 27.2 Å². The van der Waals surface area contributed by atoms with E-state index >= 15 is 0 Å². The van der Waals surface area contributed by atoms with Gasteiger partial charge in [0.2, 0.25) is 11.0 Å². The van der Waals surface area contributed by atoms with E-state index in [0.29, 0.717) is 6.42 Å². The second kappa shape index (κ2) is 7.76. The molecule has 1 aliphatic rings. The van der Waals surface area contributed by atoms with Gasteiger partial charge in [0.05, 0.1) is 17.4 Å². The first-order chi connectivity index (χ1) is 9.65. The van der Waals surface area contributed by atoms with Gasteiger partial charge in [0.1, 0.15) is 6.61 Å². The average molecular weight is 334 g/mol. The monoisotopic (exact) mass is 333 g/mol. The van der Waals surface area contributed by atoms with Gasteiger partial charge in [-0.15, -0.1) is 0 Å². The zero-order valence-corrected chi connectivity index (χ0v) is 15.7. The van der Waals surface area contributed by atoms with Crippen molar-refractivity contribution in [2.75, 3.05) is 13.7 Å². The predicted octanol–water partition coefficient (Wildman–Crippen LogP) is 1.77. The number of amides is 1. The first-order valence-corrected chi connectivity index (χ1v) is 11.0. The fourth-order valence-electron chi connectivity index (χ4n) is 2.20. The summed E-state index contributed by atoms with van der Waals surface area (Å²) in [6.45, 7) is 10.7. The number of rotatable bonds is 7. The molecule has 0 radical (unpaired) electrons. The number of hydrogen-bond acceptors (Lipinski definition) is 5. The SMILES string of the molecule is COCC(=O)S[C@H]1NC(=O)[C@@H]1CC(O[SiH](C)C)C(C)(C)C. The van der Waals surface area contributed by atoms with Gasteiger partial charge in [-0.1, -0.05) is 32.5 Å². The molecule has 0 saturated carbocycles. The Hall–Kier alpha value is -0.373. The predicted molar refractivity (Wildman–Crippen MR) is 87.7 cm³/mol. The number of nitrogens with one attached hydrogen (secondary N) is 1. The van der Waals surface area contributed by atoms with Crippen molar-refractivity contribution >= 4 is 31.8 Å². The summed E-state index contributed by atoms with van der Waals surface area (Å²) in [4.78, 5) is 23.4. The molecule has 5 nitrogen and oxygen atoms in total. The summed E-state index contributed by atoms with van der Waals surface area (Å²) in [5, 5.41) is 2.59. The molecule has 3 atom stereocenters. The molecular formula is C14H27NO4SSi. The van der Waals surface area contributed by atoms with Gasteiger partial charge in [-0.3, -0.25) is 9.59 Å². The van der Waals surface area contributed by atoms with Crippen molar-refractivity contribution in [3.05, 3.63) is 0 Å². The van der Waals surface area contributed by atoms with E-state index in [9.17, 15) is 9.59 Å². The number of ether oxygens (including phenoxy) is 1. The van der Waals surface area contributed by atoms with E-state index in [2.05, 4.69) is 39.2 Å². The zero-order valence-electron chi connectivity index (χ0n) is 13.8. The molecule has 1 heterocycles. The van der Waals surface area contributed by atoms with E-state index in [1.54, 1.807) is 0 Å². The molecule has 0 spiro atoms. The van der Waals surface area contributed by atoms with E-state index in [4.69, 9.17) is 9.16 Å². The van der Waals surface area contributed by atoms with Crippen LogP contribution in [0.2, 0.25) is 13.1 Å². The van der Waals surface area contributed by atoms with Crippen molar-refractivity contribution in [1.82, 2.24) is 5.32 Å². The maximum atomic E-state index is 11.8. The lowest BCUT2D eigenvalue weighted by atomic mass is 9.81. The van der Waals surface area contributed by atoms with Crippen LogP contribution in [0.3, 0.4) is 0 Å². The number of β-lactam (4-membered cyclic amide) rings is 1. The van der Waals surface area contributed by atoms with Gasteiger partial charge in [-0.05, 0) is 24.9 Å². The highest BCUT2D eigenvalue weighted by Gasteiger charge is 2.44. The van der Waals surface area contributed by atoms with E-state index in [0.717, 1.165) is 11.8 Å². The summed E-state index contributed by atoms with van der Waals surface area (Å²) in [5.74, 6) is -0.145. The van der Waals surface area contributed by atoms with Crippen LogP contribution in [-0.4, -0.2) is 45.3 Å². The maximum absolute atomic E-state index is 11.8. The summed E-state index contributed by atoms with van der Waals surface area (Å²) in [6.07, 6.45) is 0.708. The molecule has 0 bridgehead atoms. The van der Waals surface area contributed by atoms with Crippen molar-refractivity contribution in [1.29, 1.82) is 0 Å². The van der Waals surface area contributed by atoms with Crippen LogP contribution in [0.5, 0.6) is 0 Å². The minimum Gasteiger partial charge on any atom is -0.417 e. The summed E-state index contributed by atoms with van der Waals surface area (Å²) >= 11 is 1.15. The zero-order chi connectivity index (χ0) is 16.2. The van der Waals surface area contributed by atoms with Crippen molar-refractivity contribution in [3.8, 4) is 0 Å². The first kappa shape index (κ1) is 18.7. The summed E-state index contributed by atoms with van der Waals surface area (Å²) in [7, 11) is 0.312. The molecule has 21 heavy (non-hydrogen) atoms. The molecule has 0 aromatic heterocycles. The van der Waals surface area contributed by atoms with Gasteiger partial charge in [0, 0.05) is 7.11 Å². The standard InChI is InChI=1S/C14H27NO4SSi/c1-14(2,3)10(19-21(5)6)7-9-12(17)15-13(9)20-11(16)8-18-4/h9-10,13,21H,7-8H2,1-6H3,(H,15,17)/t9-,10?,13+/m0/s1. The minimum atomic E-state index is -1.18. The lowest BCUT2D eigenvalue weighted by Gasteiger charge is -2.41. The Balaban J connectivity index is 2.64. The quantitative estimate of drug-likeness (QED) is 0.568. The Morgan fingerprint density at radius 2 is 2.05 bits per heavy atom. The largest absolute Gasteiger partial charge is 0.417 e. The first-order valence-electron chi connectivity index (χ1n) is 7.29. The third-order valence-electron chi connectivity index (χ3n) is 3.38. The molecule has 122 valence electrons. The molecule has 0 aromatic rings. The van der Waals surface area contributed by atoms with Crippen LogP contribution >= 0.6 is 11.8 Å². The molecule has 7 heteroatoms. The number of carbonyl (C=O) groups excluding carboxylic acids is 2. The molecule has 1 fully saturated rings. The van der Waals surface area contributed by atoms with E-state index in [1.165, 1.54) is 7.11 Å². The van der Waals surface area contributed by atoms with E-state index < -0.39 is 9.04 Å². The van der Waals surface area contributed by atoms with Crippen LogP contribution < -0.4 is 5.32 Å². The van der Waals surface area contributed by atoms with Gasteiger partial charge in [-0.2, -0.15) is 0 Å². The van der Waals surface area contributed by atoms with Crippen molar-refractivity contribution in [3.63, 3.8) is 0 Å². The highest BCUT2D eigenvalue weighted by molar-refractivity contribution is 8.14. The van der Waals surface area contributed by atoms with Crippen LogP contribution in [0.15, 0.2) is 0 Å². The molecule has 1 N–H and O–H groups in total. The maximum Gasteiger partial charge on any atom is 0.227 e. The Kier molecular flexibility index (Phi) is 6.90. The number of thioether (sulfide) groups is 1. The van der Waals surface area contributed by atoms with Crippen molar-refractivity contribution in [2.24, 2.45) is 11.3 Å². The fraction of sp³-hybridized carbons (Fsp3) is 0.857. The molecular weight excluding hydrogens is 306 g/mol. The Morgan fingerprint density at radius 3 is 2.48 bits per heavy atom. The molecule has 1 saturated heterocycles. The van der Waals surface area contributed by atoms with Crippen LogP contribution in [0.4, 0.5) is 0 Å². The van der Waals surface area contributed by atoms with Crippen molar-refractivity contribution < 1.29 is 18.8 Å². The topological polar surface area (TPSA) is 64.6 Å². The molecule has 0 aliphatic carbocycles. The number of hydrogen-bond donors (Lipinski definition) is 1. The molecule has 1 unspecified atom stereocenters. The normalized spacial score (nSPS) is 23.7. The number of methoxy groups -OCH3 is 1. The highest BCUT2D eigenvalue weighted by atomic mass is 32.2. The van der Waals surface area contributed by atoms with Crippen LogP contribution in [0, 0.1) is 11.3 Å². The molecule has 0 aromatic carbocycles.